The lowest BCUT2D eigenvalue weighted by atomic mass is 9.99. The number of nitrogens with two attached hydrogens (primary N) is 1. The van der Waals surface area contributed by atoms with E-state index in [0.29, 0.717) is 30.5 Å². The van der Waals surface area contributed by atoms with Crippen LogP contribution in [0.3, 0.4) is 0 Å². The van der Waals surface area contributed by atoms with E-state index in [4.69, 9.17) is 11.1 Å². The monoisotopic (exact) mass is 644 g/mol. The number of hydrogen-bond acceptors (Lipinski definition) is 7. The number of likely N-dealkylation sites (tertiary alicyclic amines) is 1. The van der Waals surface area contributed by atoms with E-state index in [2.05, 4.69) is 20.7 Å². The van der Waals surface area contributed by atoms with Gasteiger partial charge in [-0.05, 0) is 49.1 Å². The summed E-state index contributed by atoms with van der Waals surface area (Å²) in [7, 11) is 0. The number of nitrogens with one attached hydrogen (secondary N) is 3. The third-order valence-electron chi connectivity index (χ3n) is 9.24. The molecule has 4 atom stereocenters. The van der Waals surface area contributed by atoms with Crippen molar-refractivity contribution in [2.75, 3.05) is 6.54 Å². The molecule has 2 aromatic carbocycles. The van der Waals surface area contributed by atoms with E-state index in [0.717, 1.165) is 4.88 Å². The number of amidine groups is 1. The minimum atomic E-state index is -3.16. The lowest BCUT2D eigenvalue weighted by molar-refractivity contribution is -0.139. The molecule has 7 rings (SSSR count). The van der Waals surface area contributed by atoms with Gasteiger partial charge in [0.15, 0.2) is 0 Å². The second-order valence-corrected chi connectivity index (χ2v) is 13.1. The van der Waals surface area contributed by atoms with Crippen LogP contribution in [0.25, 0.3) is 11.1 Å². The minimum absolute atomic E-state index is 0.0616. The molecular formula is C32H30F2N8O3S. The Morgan fingerprint density at radius 2 is 1.89 bits per heavy atom. The summed E-state index contributed by atoms with van der Waals surface area (Å²) in [4.78, 5) is 46.9. The minimum Gasteiger partial charge on any atom is -0.384 e. The second-order valence-electron chi connectivity index (χ2n) is 12.1. The maximum atomic E-state index is 15.0. The molecule has 0 radical (unpaired) electrons. The zero-order valence-corrected chi connectivity index (χ0v) is 25.5. The van der Waals surface area contributed by atoms with Crippen LogP contribution in [-0.2, 0) is 22.1 Å². The predicted molar refractivity (Wildman–Crippen MR) is 165 cm³/mol. The Hall–Kier alpha value is -4.98. The average molecular weight is 645 g/mol. The number of thiophene rings is 1. The predicted octanol–water partition coefficient (Wildman–Crippen LogP) is 3.41. The Bertz CT molecular complexity index is 1890. The Morgan fingerprint density at radius 3 is 2.63 bits per heavy atom. The van der Waals surface area contributed by atoms with Crippen LogP contribution in [-0.4, -0.2) is 61.8 Å². The second kappa shape index (κ2) is 10.8. The number of amides is 3. The third kappa shape index (κ3) is 4.92. The maximum Gasteiger partial charge on any atom is 0.299 e. The summed E-state index contributed by atoms with van der Waals surface area (Å²) in [6.45, 7) is 1.94. The summed E-state index contributed by atoms with van der Waals surface area (Å²) >= 11 is 1.38. The molecule has 3 aliphatic rings. The molecule has 46 heavy (non-hydrogen) atoms. The van der Waals surface area contributed by atoms with E-state index < -0.39 is 23.8 Å². The molecule has 0 spiro atoms. The number of alkyl halides is 2. The highest BCUT2D eigenvalue weighted by molar-refractivity contribution is 7.10. The zero-order chi connectivity index (χ0) is 32.4. The molecule has 236 valence electrons. The number of rotatable bonds is 9. The van der Waals surface area contributed by atoms with E-state index in [1.165, 1.54) is 41.9 Å². The fraction of sp³-hybridized carbons (Fsp3) is 0.312. The number of halogens is 2. The molecule has 0 unspecified atom stereocenters. The number of carbonyl (C=O) groups is 3. The standard InChI is InChI=1S/C32H30F2N8O3S/c1-17(25-9-19(13-46-25)28(35)36)40-30(45)24-10-31(14-41-16-37-15-39-41)11-26(31)42(24)27(43)12-38-29(44)18-6-7-23-21(8-18)20-4-2-3-5-22(20)32(23,33)34/h2-9,13,15-17,24,26H,10-12,14H2,1H3,(H3,35,36)(H,38,44)(H,40,45)/t17-,24+,26+,31-/m1/s1. The van der Waals surface area contributed by atoms with Gasteiger partial charge in [-0.3, -0.25) is 24.5 Å². The summed E-state index contributed by atoms with van der Waals surface area (Å²) in [5, 5.41) is 19.3. The molecular weight excluding hydrogens is 614 g/mol. The molecule has 11 nitrogen and oxygen atoms in total. The quantitative estimate of drug-likeness (QED) is 0.162. The lowest BCUT2D eigenvalue weighted by Crippen LogP contribution is -2.51. The summed E-state index contributed by atoms with van der Waals surface area (Å²) in [6.07, 6.45) is 4.12. The van der Waals surface area contributed by atoms with Crippen LogP contribution in [0.5, 0.6) is 0 Å². The normalized spacial score (nSPS) is 22.4. The number of aromatic nitrogens is 3. The number of piperidine rings is 1. The van der Waals surface area contributed by atoms with Crippen LogP contribution >= 0.6 is 11.3 Å². The molecule has 3 heterocycles. The van der Waals surface area contributed by atoms with E-state index in [-0.39, 0.29) is 58.0 Å². The van der Waals surface area contributed by atoms with Gasteiger partial charge in [0.05, 0.1) is 19.1 Å². The van der Waals surface area contributed by atoms with E-state index >= 15 is 0 Å². The van der Waals surface area contributed by atoms with E-state index in [9.17, 15) is 23.2 Å². The highest BCUT2D eigenvalue weighted by atomic mass is 32.1. The first-order valence-electron chi connectivity index (χ1n) is 14.8. The van der Waals surface area contributed by atoms with Crippen LogP contribution in [0.4, 0.5) is 8.78 Å². The molecule has 1 saturated heterocycles. The van der Waals surface area contributed by atoms with Crippen molar-refractivity contribution in [2.24, 2.45) is 11.1 Å². The summed E-state index contributed by atoms with van der Waals surface area (Å²) in [5.74, 6) is -4.55. The van der Waals surface area contributed by atoms with Crippen LogP contribution in [0.1, 0.15) is 57.7 Å². The first kappa shape index (κ1) is 29.7. The Kier molecular flexibility index (Phi) is 6.99. The molecule has 1 saturated carbocycles. The Balaban J connectivity index is 1.07. The van der Waals surface area contributed by atoms with Crippen molar-refractivity contribution < 1.29 is 23.2 Å². The van der Waals surface area contributed by atoms with Gasteiger partial charge in [-0.2, -0.15) is 13.9 Å². The van der Waals surface area contributed by atoms with Gasteiger partial charge in [0.25, 0.3) is 11.8 Å². The first-order valence-corrected chi connectivity index (χ1v) is 15.6. The van der Waals surface area contributed by atoms with Crippen molar-refractivity contribution >= 4 is 34.9 Å². The topological polar surface area (TPSA) is 159 Å². The van der Waals surface area contributed by atoms with Crippen molar-refractivity contribution in [1.82, 2.24) is 30.3 Å². The highest BCUT2D eigenvalue weighted by Crippen LogP contribution is 2.60. The third-order valence-corrected chi connectivity index (χ3v) is 10.4. The van der Waals surface area contributed by atoms with Gasteiger partial charge in [-0.1, -0.05) is 30.3 Å². The largest absolute Gasteiger partial charge is 0.384 e. The molecule has 4 aromatic rings. The Labute approximate surface area is 266 Å². The molecule has 3 amide bonds. The number of benzene rings is 2. The van der Waals surface area contributed by atoms with Crippen molar-refractivity contribution in [3.63, 3.8) is 0 Å². The van der Waals surface area contributed by atoms with Gasteiger partial charge < -0.3 is 21.3 Å². The van der Waals surface area contributed by atoms with Crippen molar-refractivity contribution in [1.29, 1.82) is 5.41 Å². The summed E-state index contributed by atoms with van der Waals surface area (Å²) in [6, 6.07) is 10.6. The number of nitrogens with zero attached hydrogens (tertiary/aromatic N) is 4. The molecule has 5 N–H and O–H groups in total. The smallest absolute Gasteiger partial charge is 0.299 e. The average Bonchev–Trinajstić information content (AvgIpc) is 3.54. The van der Waals surface area contributed by atoms with Crippen molar-refractivity contribution in [3.8, 4) is 11.1 Å². The number of fused-ring (bicyclic) bond motifs is 4. The molecule has 2 aliphatic carbocycles. The van der Waals surface area contributed by atoms with Crippen molar-refractivity contribution in [2.45, 2.75) is 50.4 Å². The lowest BCUT2D eigenvalue weighted by Gasteiger charge is -2.28. The molecule has 0 bridgehead atoms. The Morgan fingerprint density at radius 1 is 1.11 bits per heavy atom. The van der Waals surface area contributed by atoms with Gasteiger partial charge in [-0.15, -0.1) is 11.3 Å². The van der Waals surface area contributed by atoms with E-state index in [1.54, 1.807) is 45.6 Å². The van der Waals surface area contributed by atoms with Crippen LogP contribution < -0.4 is 16.4 Å². The first-order chi connectivity index (χ1) is 22.0. The maximum absolute atomic E-state index is 15.0. The van der Waals surface area contributed by atoms with E-state index in [1.807, 2.05) is 6.92 Å². The number of carbonyl (C=O) groups excluding carboxylic acids is 3. The summed E-state index contributed by atoms with van der Waals surface area (Å²) in [5.41, 5.74) is 6.33. The number of hydrogen-bond donors (Lipinski definition) is 4. The molecule has 2 fully saturated rings. The van der Waals surface area contributed by atoms with Gasteiger partial charge in [0, 0.05) is 44.0 Å². The van der Waals surface area contributed by atoms with Gasteiger partial charge in [-0.25, -0.2) is 4.98 Å². The van der Waals surface area contributed by atoms with Gasteiger partial charge >= 0.3 is 0 Å². The SMILES string of the molecule is C[C@@H](NC(=O)[C@@H]1C[C@]2(Cn3cncn3)C[C@@H]2N1C(=O)CNC(=O)c1ccc2c(c1)-c1ccccc1C2(F)F)c1cc(C(=N)N)cs1. The highest BCUT2D eigenvalue weighted by Gasteiger charge is 2.67. The number of nitrogen functional groups attached to an aromatic ring is 1. The fourth-order valence-corrected chi connectivity index (χ4v) is 7.76. The van der Waals surface area contributed by atoms with Gasteiger partial charge in [0.2, 0.25) is 11.8 Å². The van der Waals surface area contributed by atoms with Crippen LogP contribution in [0, 0.1) is 10.8 Å². The summed E-state index contributed by atoms with van der Waals surface area (Å²) < 4.78 is 31.7. The van der Waals surface area contributed by atoms with Crippen LogP contribution in [0.15, 0.2) is 66.6 Å². The zero-order valence-electron chi connectivity index (χ0n) is 24.7. The molecule has 1 aliphatic heterocycles. The molecule has 14 heteroatoms. The fourth-order valence-electron chi connectivity index (χ4n) is 6.85. The van der Waals surface area contributed by atoms with Crippen molar-refractivity contribution in [3.05, 3.63) is 93.7 Å². The molecule has 2 aromatic heterocycles. The van der Waals surface area contributed by atoms with Crippen LogP contribution in [0.2, 0.25) is 0 Å². The van der Waals surface area contributed by atoms with Gasteiger partial charge in [0.1, 0.15) is 24.5 Å².